The molecule has 1 aromatic rings. The Morgan fingerprint density at radius 1 is 1.35 bits per heavy atom. The van der Waals surface area contributed by atoms with Crippen molar-refractivity contribution in [1.29, 1.82) is 0 Å². The molecule has 96 valence electrons. The first-order valence-electron chi connectivity index (χ1n) is 6.55. The van der Waals surface area contributed by atoms with Crippen LogP contribution in [0.4, 0.5) is 5.82 Å². The van der Waals surface area contributed by atoms with Gasteiger partial charge in [0, 0.05) is 11.5 Å². The molecule has 1 amide bonds. The molecule has 17 heavy (non-hydrogen) atoms. The van der Waals surface area contributed by atoms with Crippen LogP contribution < -0.4 is 5.32 Å². The number of rotatable bonds is 7. The molecule has 1 rings (SSSR count). The summed E-state index contributed by atoms with van der Waals surface area (Å²) in [5.74, 6) is 1.00. The second-order valence-corrected chi connectivity index (χ2v) is 4.39. The molecule has 0 saturated carbocycles. The minimum absolute atomic E-state index is 0.118. The molecule has 0 aliphatic rings. The third kappa shape index (κ3) is 3.88. The molecule has 0 unspecified atom stereocenters. The van der Waals surface area contributed by atoms with Gasteiger partial charge >= 0.3 is 0 Å². The molecule has 0 radical (unpaired) electrons. The Kier molecular flexibility index (Phi) is 5.73. The van der Waals surface area contributed by atoms with Gasteiger partial charge in [-0.15, -0.1) is 0 Å². The van der Waals surface area contributed by atoms with Crippen molar-refractivity contribution in [1.82, 2.24) is 10.2 Å². The van der Waals surface area contributed by atoms with E-state index in [1.54, 1.807) is 6.20 Å². The predicted molar refractivity (Wildman–Crippen MR) is 69.9 cm³/mol. The highest BCUT2D eigenvalue weighted by Crippen LogP contribution is 2.18. The van der Waals surface area contributed by atoms with E-state index in [0.29, 0.717) is 0 Å². The summed E-state index contributed by atoms with van der Waals surface area (Å²) in [5, 5.41) is 9.76. The van der Waals surface area contributed by atoms with Gasteiger partial charge in [-0.2, -0.15) is 5.10 Å². The third-order valence-electron chi connectivity index (χ3n) is 2.99. The van der Waals surface area contributed by atoms with Gasteiger partial charge in [0.2, 0.25) is 5.91 Å². The lowest BCUT2D eigenvalue weighted by Gasteiger charge is -2.14. The van der Waals surface area contributed by atoms with E-state index in [9.17, 15) is 4.79 Å². The van der Waals surface area contributed by atoms with Crippen molar-refractivity contribution in [2.45, 2.75) is 52.9 Å². The van der Waals surface area contributed by atoms with Crippen LogP contribution in [0.15, 0.2) is 6.20 Å². The van der Waals surface area contributed by atoms with Crippen LogP contribution in [-0.4, -0.2) is 16.1 Å². The lowest BCUT2D eigenvalue weighted by atomic mass is 9.97. The van der Waals surface area contributed by atoms with Crippen LogP contribution in [0.2, 0.25) is 0 Å². The van der Waals surface area contributed by atoms with Gasteiger partial charge in [-0.25, -0.2) is 0 Å². The predicted octanol–water partition coefficient (Wildman–Crippen LogP) is 3.13. The number of aromatic amines is 1. The molecule has 4 nitrogen and oxygen atoms in total. The number of aromatic nitrogens is 2. The minimum Gasteiger partial charge on any atom is -0.311 e. The summed E-state index contributed by atoms with van der Waals surface area (Å²) in [6.07, 6.45) is 6.64. The maximum atomic E-state index is 12.1. The highest BCUT2D eigenvalue weighted by molar-refractivity contribution is 5.92. The van der Waals surface area contributed by atoms with E-state index >= 15 is 0 Å². The van der Waals surface area contributed by atoms with E-state index < -0.39 is 0 Å². The number of nitrogens with zero attached hydrogens (tertiary/aromatic N) is 1. The summed E-state index contributed by atoms with van der Waals surface area (Å²) >= 11 is 0. The highest BCUT2D eigenvalue weighted by Gasteiger charge is 2.18. The summed E-state index contributed by atoms with van der Waals surface area (Å²) in [7, 11) is 0. The maximum absolute atomic E-state index is 12.1. The molecular weight excluding hydrogens is 214 g/mol. The van der Waals surface area contributed by atoms with Crippen LogP contribution in [0.1, 0.15) is 52.0 Å². The van der Waals surface area contributed by atoms with Gasteiger partial charge in [0.1, 0.15) is 5.82 Å². The van der Waals surface area contributed by atoms with Crippen molar-refractivity contribution in [2.75, 3.05) is 5.32 Å². The van der Waals surface area contributed by atoms with Crippen LogP contribution in [0.25, 0.3) is 0 Å². The zero-order valence-corrected chi connectivity index (χ0v) is 11.0. The molecule has 2 N–H and O–H groups in total. The Morgan fingerprint density at radius 2 is 2.00 bits per heavy atom. The monoisotopic (exact) mass is 237 g/mol. The van der Waals surface area contributed by atoms with Gasteiger partial charge in [0.05, 0.1) is 6.20 Å². The van der Waals surface area contributed by atoms with Crippen LogP contribution in [0.3, 0.4) is 0 Å². The van der Waals surface area contributed by atoms with Gasteiger partial charge in [0.25, 0.3) is 0 Å². The number of carbonyl (C=O) groups is 1. The first kappa shape index (κ1) is 13.7. The van der Waals surface area contributed by atoms with Gasteiger partial charge in [-0.1, -0.05) is 33.6 Å². The van der Waals surface area contributed by atoms with Crippen molar-refractivity contribution in [2.24, 2.45) is 5.92 Å². The Labute approximate surface area is 103 Å². The number of anilines is 1. The second-order valence-electron chi connectivity index (χ2n) is 4.39. The van der Waals surface area contributed by atoms with E-state index in [1.807, 2.05) is 0 Å². The molecule has 0 spiro atoms. The quantitative estimate of drug-likeness (QED) is 0.765. The molecule has 0 atom stereocenters. The summed E-state index contributed by atoms with van der Waals surface area (Å²) in [5.41, 5.74) is 1.06. The molecule has 4 heteroatoms. The molecule has 0 saturated heterocycles. The minimum atomic E-state index is 0.118. The van der Waals surface area contributed by atoms with Gasteiger partial charge < -0.3 is 5.32 Å². The van der Waals surface area contributed by atoms with Crippen molar-refractivity contribution in [3.63, 3.8) is 0 Å². The standard InChI is InChI=1S/C13H23N3O/c1-4-7-11(8-5-2)13(17)15-12-10(6-3)9-14-16-12/h9,11H,4-8H2,1-3H3,(H2,14,15,16,17). The smallest absolute Gasteiger partial charge is 0.228 e. The van der Waals surface area contributed by atoms with Crippen LogP contribution in [-0.2, 0) is 11.2 Å². The Balaban J connectivity index is 2.62. The fraction of sp³-hybridized carbons (Fsp3) is 0.692. The maximum Gasteiger partial charge on any atom is 0.228 e. The lowest BCUT2D eigenvalue weighted by Crippen LogP contribution is -2.23. The molecule has 0 bridgehead atoms. The number of nitrogens with one attached hydrogen (secondary N) is 2. The van der Waals surface area contributed by atoms with Crippen molar-refractivity contribution in [3.05, 3.63) is 11.8 Å². The van der Waals surface area contributed by atoms with E-state index in [2.05, 4.69) is 36.3 Å². The van der Waals surface area contributed by atoms with Crippen LogP contribution in [0.5, 0.6) is 0 Å². The summed E-state index contributed by atoms with van der Waals surface area (Å²) in [4.78, 5) is 12.1. The van der Waals surface area contributed by atoms with E-state index in [0.717, 1.165) is 43.5 Å². The fourth-order valence-corrected chi connectivity index (χ4v) is 2.02. The van der Waals surface area contributed by atoms with Gasteiger partial charge in [-0.3, -0.25) is 9.89 Å². The van der Waals surface area contributed by atoms with E-state index in [-0.39, 0.29) is 11.8 Å². The van der Waals surface area contributed by atoms with Crippen LogP contribution >= 0.6 is 0 Å². The molecule has 0 fully saturated rings. The first-order valence-corrected chi connectivity index (χ1v) is 6.55. The third-order valence-corrected chi connectivity index (χ3v) is 2.99. The Bertz CT molecular complexity index is 340. The lowest BCUT2D eigenvalue weighted by molar-refractivity contribution is -0.120. The summed E-state index contributed by atoms with van der Waals surface area (Å²) in [6.45, 7) is 6.28. The van der Waals surface area contributed by atoms with Crippen molar-refractivity contribution >= 4 is 11.7 Å². The van der Waals surface area contributed by atoms with E-state index in [4.69, 9.17) is 0 Å². The number of hydrogen-bond acceptors (Lipinski definition) is 2. The molecular formula is C13H23N3O. The average Bonchev–Trinajstić information content (AvgIpc) is 2.76. The SMILES string of the molecule is CCCC(CCC)C(=O)Nc1[nH]ncc1CC. The van der Waals surface area contributed by atoms with E-state index in [1.165, 1.54) is 0 Å². The molecule has 0 aliphatic carbocycles. The largest absolute Gasteiger partial charge is 0.311 e. The van der Waals surface area contributed by atoms with Crippen molar-refractivity contribution < 1.29 is 4.79 Å². The molecule has 1 heterocycles. The Hall–Kier alpha value is -1.32. The van der Waals surface area contributed by atoms with Gasteiger partial charge in [-0.05, 0) is 19.3 Å². The first-order chi connectivity index (χ1) is 8.22. The average molecular weight is 237 g/mol. The Morgan fingerprint density at radius 3 is 2.53 bits per heavy atom. The second kappa shape index (κ2) is 7.09. The van der Waals surface area contributed by atoms with Gasteiger partial charge in [0.15, 0.2) is 0 Å². The number of carbonyl (C=O) groups excluding carboxylic acids is 1. The number of aryl methyl sites for hydroxylation is 1. The number of amides is 1. The summed E-state index contributed by atoms with van der Waals surface area (Å²) in [6, 6.07) is 0. The van der Waals surface area contributed by atoms with Crippen molar-refractivity contribution in [3.8, 4) is 0 Å². The number of H-pyrrole nitrogens is 1. The highest BCUT2D eigenvalue weighted by atomic mass is 16.1. The normalized spacial score (nSPS) is 10.8. The zero-order valence-electron chi connectivity index (χ0n) is 11.0. The van der Waals surface area contributed by atoms with Crippen LogP contribution in [0, 0.1) is 5.92 Å². The summed E-state index contributed by atoms with van der Waals surface area (Å²) < 4.78 is 0. The zero-order chi connectivity index (χ0) is 12.7. The number of hydrogen-bond donors (Lipinski definition) is 2. The topological polar surface area (TPSA) is 57.8 Å². The fourth-order valence-electron chi connectivity index (χ4n) is 2.02. The molecule has 0 aromatic carbocycles. The molecule has 1 aromatic heterocycles. The molecule has 0 aliphatic heterocycles.